The molecule has 1 aliphatic heterocycles. The number of carbonyl (C=O) groups excluding carboxylic acids is 2. The van der Waals surface area contributed by atoms with Crippen molar-refractivity contribution in [3.63, 3.8) is 0 Å². The number of hydrogen-bond acceptors (Lipinski definition) is 3. The van der Waals surface area contributed by atoms with Crippen LogP contribution in [0.25, 0.3) is 0 Å². The molecule has 2 rings (SSSR count). The van der Waals surface area contributed by atoms with Crippen LogP contribution in [0, 0.1) is 0 Å². The first-order valence-electron chi connectivity index (χ1n) is 7.54. The molecule has 0 bridgehead atoms. The Labute approximate surface area is 130 Å². The predicted octanol–water partition coefficient (Wildman–Crippen LogP) is 3.19. The molecule has 21 heavy (non-hydrogen) atoms. The number of rotatable bonds is 7. The van der Waals surface area contributed by atoms with Crippen LogP contribution in [0.15, 0.2) is 29.2 Å². The van der Waals surface area contributed by atoms with E-state index in [0.29, 0.717) is 6.54 Å². The molecule has 0 aliphatic carbocycles. The first kappa shape index (κ1) is 15.9. The van der Waals surface area contributed by atoms with Crippen molar-refractivity contribution in [1.29, 1.82) is 0 Å². The van der Waals surface area contributed by atoms with Crippen molar-refractivity contribution in [1.82, 2.24) is 5.32 Å². The molecule has 0 saturated heterocycles. The number of amides is 2. The molecule has 0 saturated carbocycles. The van der Waals surface area contributed by atoms with Gasteiger partial charge in [-0.05, 0) is 18.6 Å². The summed E-state index contributed by atoms with van der Waals surface area (Å²) in [6.45, 7) is 2.86. The summed E-state index contributed by atoms with van der Waals surface area (Å²) >= 11 is 1.47. The molecule has 0 aromatic heterocycles. The fraction of sp³-hybridized carbons (Fsp3) is 0.500. The number of anilines is 1. The van der Waals surface area contributed by atoms with E-state index in [9.17, 15) is 9.59 Å². The zero-order valence-electron chi connectivity index (χ0n) is 12.4. The minimum absolute atomic E-state index is 0.0430. The zero-order chi connectivity index (χ0) is 15.1. The first-order valence-corrected chi connectivity index (χ1v) is 8.42. The van der Waals surface area contributed by atoms with Crippen LogP contribution < -0.4 is 10.6 Å². The first-order chi connectivity index (χ1) is 10.2. The van der Waals surface area contributed by atoms with Gasteiger partial charge in [0.25, 0.3) is 0 Å². The summed E-state index contributed by atoms with van der Waals surface area (Å²) in [6, 6.07) is 7.68. The summed E-state index contributed by atoms with van der Waals surface area (Å²) in [7, 11) is 0. The van der Waals surface area contributed by atoms with Gasteiger partial charge in [0, 0.05) is 17.9 Å². The van der Waals surface area contributed by atoms with Crippen LogP contribution >= 0.6 is 11.8 Å². The van der Waals surface area contributed by atoms with E-state index in [1.54, 1.807) is 0 Å². The molecule has 1 atom stereocenters. The standard InChI is InChI=1S/C16H22N2O2S/c1-2-3-4-7-10-17-15(19)11-14-16(20)18-12-8-5-6-9-13(12)21-14/h5-6,8-9,14H,2-4,7,10-11H2,1H3,(H,17,19)(H,18,20). The maximum atomic E-state index is 12.0. The van der Waals surface area contributed by atoms with E-state index in [-0.39, 0.29) is 23.5 Å². The van der Waals surface area contributed by atoms with Crippen molar-refractivity contribution in [2.45, 2.75) is 49.2 Å². The topological polar surface area (TPSA) is 58.2 Å². The molecule has 0 radical (unpaired) electrons. The van der Waals surface area contributed by atoms with Gasteiger partial charge >= 0.3 is 0 Å². The van der Waals surface area contributed by atoms with Crippen LogP contribution in [-0.2, 0) is 9.59 Å². The van der Waals surface area contributed by atoms with Crippen molar-refractivity contribution >= 4 is 29.3 Å². The lowest BCUT2D eigenvalue weighted by Crippen LogP contribution is -2.35. The Balaban J connectivity index is 1.78. The maximum Gasteiger partial charge on any atom is 0.238 e. The fourth-order valence-electron chi connectivity index (χ4n) is 2.25. The van der Waals surface area contributed by atoms with Crippen LogP contribution in [0.1, 0.15) is 39.0 Å². The van der Waals surface area contributed by atoms with Crippen molar-refractivity contribution in [2.24, 2.45) is 0 Å². The fourth-order valence-corrected chi connectivity index (χ4v) is 3.36. The number of fused-ring (bicyclic) bond motifs is 1. The average Bonchev–Trinajstić information content (AvgIpc) is 2.48. The number of nitrogens with one attached hydrogen (secondary N) is 2. The van der Waals surface area contributed by atoms with Crippen LogP contribution in [0.5, 0.6) is 0 Å². The Morgan fingerprint density at radius 2 is 2.10 bits per heavy atom. The van der Waals surface area contributed by atoms with Crippen LogP contribution in [0.4, 0.5) is 5.69 Å². The molecule has 0 spiro atoms. The number of hydrogen-bond donors (Lipinski definition) is 2. The summed E-state index contributed by atoms with van der Waals surface area (Å²) in [5.41, 5.74) is 0.837. The highest BCUT2D eigenvalue weighted by molar-refractivity contribution is 8.01. The van der Waals surface area contributed by atoms with Crippen LogP contribution in [0.3, 0.4) is 0 Å². The summed E-state index contributed by atoms with van der Waals surface area (Å²) in [4.78, 5) is 24.9. The lowest BCUT2D eigenvalue weighted by molar-refractivity contribution is -0.124. The number of thioether (sulfide) groups is 1. The summed E-state index contributed by atoms with van der Waals surface area (Å²) in [5.74, 6) is -0.127. The highest BCUT2D eigenvalue weighted by Gasteiger charge is 2.28. The molecule has 2 N–H and O–H groups in total. The lowest BCUT2D eigenvalue weighted by atomic mass is 10.2. The highest BCUT2D eigenvalue weighted by atomic mass is 32.2. The molecule has 2 amide bonds. The van der Waals surface area contributed by atoms with Gasteiger partial charge < -0.3 is 10.6 Å². The Kier molecular flexibility index (Phi) is 6.11. The van der Waals surface area contributed by atoms with Gasteiger partial charge in [0.05, 0.1) is 10.9 Å². The second-order valence-electron chi connectivity index (χ2n) is 5.21. The van der Waals surface area contributed by atoms with E-state index in [1.165, 1.54) is 24.6 Å². The summed E-state index contributed by atoms with van der Waals surface area (Å²) in [5, 5.41) is 5.42. The van der Waals surface area contributed by atoms with E-state index in [4.69, 9.17) is 0 Å². The van der Waals surface area contributed by atoms with E-state index in [1.807, 2.05) is 24.3 Å². The second-order valence-corrected chi connectivity index (χ2v) is 6.45. The van der Waals surface area contributed by atoms with Crippen molar-refractivity contribution < 1.29 is 9.59 Å². The Hall–Kier alpha value is -1.49. The minimum atomic E-state index is -0.337. The predicted molar refractivity (Wildman–Crippen MR) is 86.5 cm³/mol. The Bertz CT molecular complexity index is 505. The second kappa shape index (κ2) is 8.08. The third-order valence-electron chi connectivity index (χ3n) is 3.43. The van der Waals surface area contributed by atoms with Gasteiger partial charge in [-0.3, -0.25) is 9.59 Å². The Morgan fingerprint density at radius 1 is 1.29 bits per heavy atom. The largest absolute Gasteiger partial charge is 0.356 e. The summed E-state index contributed by atoms with van der Waals surface area (Å²) < 4.78 is 0. The molecule has 0 fully saturated rings. The molecular formula is C16H22N2O2S. The average molecular weight is 306 g/mol. The molecule has 1 unspecified atom stereocenters. The monoisotopic (exact) mass is 306 g/mol. The maximum absolute atomic E-state index is 12.0. The van der Waals surface area contributed by atoms with Gasteiger partial charge in [-0.25, -0.2) is 0 Å². The zero-order valence-corrected chi connectivity index (χ0v) is 13.2. The number of carbonyl (C=O) groups is 2. The third-order valence-corrected chi connectivity index (χ3v) is 4.71. The molecule has 5 heteroatoms. The molecular weight excluding hydrogens is 284 g/mol. The quantitative estimate of drug-likeness (QED) is 0.761. The lowest BCUT2D eigenvalue weighted by Gasteiger charge is -2.23. The van der Waals surface area contributed by atoms with E-state index in [0.717, 1.165) is 23.4 Å². The number of para-hydroxylation sites is 1. The normalized spacial score (nSPS) is 17.0. The smallest absolute Gasteiger partial charge is 0.238 e. The minimum Gasteiger partial charge on any atom is -0.356 e. The van der Waals surface area contributed by atoms with E-state index >= 15 is 0 Å². The van der Waals surface area contributed by atoms with E-state index < -0.39 is 0 Å². The van der Waals surface area contributed by atoms with Gasteiger partial charge in [0.15, 0.2) is 0 Å². The third kappa shape index (κ3) is 4.77. The van der Waals surface area contributed by atoms with Gasteiger partial charge in [-0.1, -0.05) is 38.3 Å². The van der Waals surface area contributed by atoms with Crippen LogP contribution in [-0.4, -0.2) is 23.6 Å². The number of unbranched alkanes of at least 4 members (excludes halogenated alkanes) is 3. The van der Waals surface area contributed by atoms with E-state index in [2.05, 4.69) is 17.6 Å². The molecule has 1 aromatic rings. The Morgan fingerprint density at radius 3 is 2.90 bits per heavy atom. The van der Waals surface area contributed by atoms with Crippen molar-refractivity contribution in [3.8, 4) is 0 Å². The summed E-state index contributed by atoms with van der Waals surface area (Å²) in [6.07, 6.45) is 4.77. The van der Waals surface area contributed by atoms with Gasteiger partial charge in [0.1, 0.15) is 0 Å². The molecule has 1 heterocycles. The molecule has 114 valence electrons. The van der Waals surface area contributed by atoms with Gasteiger partial charge in [-0.15, -0.1) is 11.8 Å². The van der Waals surface area contributed by atoms with Gasteiger partial charge in [-0.2, -0.15) is 0 Å². The molecule has 1 aliphatic rings. The molecule has 4 nitrogen and oxygen atoms in total. The molecule has 1 aromatic carbocycles. The highest BCUT2D eigenvalue weighted by Crippen LogP contribution is 2.36. The number of benzene rings is 1. The SMILES string of the molecule is CCCCCCNC(=O)CC1Sc2ccccc2NC1=O. The van der Waals surface area contributed by atoms with Crippen molar-refractivity contribution in [3.05, 3.63) is 24.3 Å². The van der Waals surface area contributed by atoms with Crippen LogP contribution in [0.2, 0.25) is 0 Å². The van der Waals surface area contributed by atoms with Crippen molar-refractivity contribution in [2.75, 3.05) is 11.9 Å². The van der Waals surface area contributed by atoms with Gasteiger partial charge in [0.2, 0.25) is 11.8 Å².